The third-order valence-electron chi connectivity index (χ3n) is 3.63. The Morgan fingerprint density at radius 2 is 2.25 bits per heavy atom. The first-order valence-corrected chi connectivity index (χ1v) is 7.34. The lowest BCUT2D eigenvalue weighted by molar-refractivity contribution is -0.172. The molecule has 0 spiro atoms. The predicted octanol–water partition coefficient (Wildman–Crippen LogP) is 2.73. The van der Waals surface area contributed by atoms with Crippen LogP contribution in [0.1, 0.15) is 35.6 Å². The van der Waals surface area contributed by atoms with Gasteiger partial charge in [0.1, 0.15) is 12.1 Å². The Labute approximate surface area is 135 Å². The van der Waals surface area contributed by atoms with Crippen molar-refractivity contribution in [3.8, 4) is 6.08 Å². The summed E-state index contributed by atoms with van der Waals surface area (Å²) in [4.78, 5) is 17.7. The topological polar surface area (TPSA) is 73.4 Å². The molecule has 1 aliphatic rings. The maximum absolute atomic E-state index is 13.2. The summed E-state index contributed by atoms with van der Waals surface area (Å²) in [5.41, 5.74) is 0.364. The van der Waals surface area contributed by atoms with Crippen molar-refractivity contribution in [2.45, 2.75) is 32.5 Å². The quantitative estimate of drug-likeness (QED) is 0.856. The van der Waals surface area contributed by atoms with Crippen molar-refractivity contribution in [3.63, 3.8) is 0 Å². The second kappa shape index (κ2) is 5.84. The van der Waals surface area contributed by atoms with Crippen LogP contribution in [0, 0.1) is 6.92 Å². The molecule has 0 N–H and O–H groups in total. The molecule has 24 heavy (non-hydrogen) atoms. The molecule has 0 aliphatic carbocycles. The Morgan fingerprint density at radius 1 is 1.50 bits per heavy atom. The summed E-state index contributed by atoms with van der Waals surface area (Å²) in [5.74, 6) is -0.474. The van der Waals surface area contributed by atoms with Gasteiger partial charge in [0.15, 0.2) is 11.7 Å². The lowest BCUT2D eigenvalue weighted by atomic mass is 10.1. The summed E-state index contributed by atoms with van der Waals surface area (Å²) in [7, 11) is 0. The third kappa shape index (κ3) is 2.83. The first-order valence-electron chi connectivity index (χ1n) is 7.34. The number of anilines is 1. The first kappa shape index (κ1) is 16.3. The minimum Gasteiger partial charge on any atom is -0.450 e. The number of carbonyl (C=O) groups excluding carboxylic acids is 1. The number of carbonyl (C=O) groups is 1. The molecule has 0 saturated carbocycles. The van der Waals surface area contributed by atoms with E-state index in [2.05, 4.69) is 10.1 Å². The average molecular weight is 344 g/mol. The van der Waals surface area contributed by atoms with Gasteiger partial charge in [-0.1, -0.05) is 0 Å². The zero-order valence-corrected chi connectivity index (χ0v) is 13.0. The Hall–Kier alpha value is -2.52. The van der Waals surface area contributed by atoms with Crippen LogP contribution in [0.5, 0.6) is 6.08 Å². The van der Waals surface area contributed by atoms with Crippen molar-refractivity contribution in [2.24, 2.45) is 0 Å². The van der Waals surface area contributed by atoms with Gasteiger partial charge >= 0.3 is 12.3 Å². The van der Waals surface area contributed by atoms with Gasteiger partial charge in [-0.3, -0.25) is 9.69 Å². The number of aromatic nitrogens is 3. The van der Waals surface area contributed by atoms with Crippen molar-refractivity contribution < 1.29 is 27.1 Å². The number of fused-ring (bicyclic) bond motifs is 1. The molecule has 130 valence electrons. The van der Waals surface area contributed by atoms with E-state index in [1.807, 2.05) is 0 Å². The summed E-state index contributed by atoms with van der Waals surface area (Å²) >= 11 is 0. The molecule has 2 aromatic rings. The maximum atomic E-state index is 13.2. The molecule has 1 unspecified atom stereocenters. The zero-order valence-electron chi connectivity index (χ0n) is 13.0. The van der Waals surface area contributed by atoms with Gasteiger partial charge in [0.05, 0.1) is 12.3 Å². The first-order chi connectivity index (χ1) is 11.3. The molecule has 10 heteroatoms. The minimum absolute atomic E-state index is 0.0330. The largest absolute Gasteiger partial charge is 0.450 e. The summed E-state index contributed by atoms with van der Waals surface area (Å²) in [5, 5.41) is 3.89. The molecule has 0 aromatic carbocycles. The molecule has 1 aliphatic heterocycles. The molecule has 1 amide bonds. The predicted molar refractivity (Wildman–Crippen MR) is 76.0 cm³/mol. The van der Waals surface area contributed by atoms with E-state index in [1.54, 1.807) is 13.8 Å². The summed E-state index contributed by atoms with van der Waals surface area (Å²) < 4.78 is 50.4. The molecule has 7 nitrogen and oxygen atoms in total. The summed E-state index contributed by atoms with van der Waals surface area (Å²) in [6, 6.07) is -0.305. The van der Waals surface area contributed by atoms with Crippen LogP contribution in [0.2, 0.25) is 0 Å². The van der Waals surface area contributed by atoms with E-state index in [9.17, 15) is 18.0 Å². The second-order valence-corrected chi connectivity index (χ2v) is 5.32. The fourth-order valence-corrected chi connectivity index (χ4v) is 2.61. The van der Waals surface area contributed by atoms with E-state index >= 15 is 0 Å². The monoisotopic (exact) mass is 344 g/mol. The van der Waals surface area contributed by atoms with Crippen molar-refractivity contribution in [2.75, 3.05) is 18.1 Å². The average Bonchev–Trinajstić information content (AvgIpc) is 3.10. The molecule has 0 saturated heterocycles. The van der Waals surface area contributed by atoms with Crippen molar-refractivity contribution in [1.29, 1.82) is 0 Å². The standard InChI is InChI=1S/C14H15F3N4O3/c1-3-23-13-18-9(7-24-13)12(22)20-5-4-10(14(15,16)17)21-11(20)6-8(2)19-21/h6-7,10H,3-5H2,1-2H3. The lowest BCUT2D eigenvalue weighted by Crippen LogP contribution is -2.43. The highest BCUT2D eigenvalue weighted by atomic mass is 19.4. The van der Waals surface area contributed by atoms with E-state index in [-0.39, 0.29) is 30.6 Å². The number of ether oxygens (including phenoxy) is 1. The Kier molecular flexibility index (Phi) is 3.98. The van der Waals surface area contributed by atoms with Gasteiger partial charge < -0.3 is 9.15 Å². The van der Waals surface area contributed by atoms with E-state index in [4.69, 9.17) is 9.15 Å². The van der Waals surface area contributed by atoms with Gasteiger partial charge in [0.25, 0.3) is 5.91 Å². The SMILES string of the molecule is CCOc1nc(C(=O)N2CCC(C(F)(F)F)n3nc(C)cc32)co1. The highest BCUT2D eigenvalue weighted by molar-refractivity contribution is 6.04. The van der Waals surface area contributed by atoms with Crippen LogP contribution < -0.4 is 9.64 Å². The van der Waals surface area contributed by atoms with Crippen LogP contribution in [0.15, 0.2) is 16.7 Å². The number of rotatable bonds is 3. The Balaban J connectivity index is 1.92. The van der Waals surface area contributed by atoms with Crippen molar-refractivity contribution >= 4 is 11.7 Å². The summed E-state index contributed by atoms with van der Waals surface area (Å²) in [6.07, 6.45) is -3.65. The van der Waals surface area contributed by atoms with E-state index in [0.29, 0.717) is 12.3 Å². The van der Waals surface area contributed by atoms with Crippen LogP contribution in [0.25, 0.3) is 0 Å². The normalized spacial score (nSPS) is 17.7. The second-order valence-electron chi connectivity index (χ2n) is 5.32. The van der Waals surface area contributed by atoms with E-state index in [0.717, 1.165) is 10.9 Å². The minimum atomic E-state index is -4.43. The van der Waals surface area contributed by atoms with Crippen LogP contribution in [0.3, 0.4) is 0 Å². The van der Waals surface area contributed by atoms with E-state index in [1.165, 1.54) is 11.0 Å². The molecular weight excluding hydrogens is 329 g/mol. The fourth-order valence-electron chi connectivity index (χ4n) is 2.61. The van der Waals surface area contributed by atoms with Gasteiger partial charge in [0, 0.05) is 12.6 Å². The van der Waals surface area contributed by atoms with Gasteiger partial charge in [-0.25, -0.2) is 4.68 Å². The molecular formula is C14H15F3N4O3. The van der Waals surface area contributed by atoms with E-state index < -0.39 is 18.1 Å². The molecule has 1 atom stereocenters. The van der Waals surface area contributed by atoms with Crippen LogP contribution in [-0.4, -0.2) is 40.0 Å². The third-order valence-corrected chi connectivity index (χ3v) is 3.63. The van der Waals surface area contributed by atoms with Crippen molar-refractivity contribution in [1.82, 2.24) is 14.8 Å². The molecule has 0 radical (unpaired) electrons. The highest BCUT2D eigenvalue weighted by Crippen LogP contribution is 2.39. The number of nitrogens with zero attached hydrogens (tertiary/aromatic N) is 4. The number of oxazole rings is 1. The van der Waals surface area contributed by atoms with Gasteiger partial charge in [-0.15, -0.1) is 0 Å². The Morgan fingerprint density at radius 3 is 2.92 bits per heavy atom. The molecule has 0 bridgehead atoms. The van der Waals surface area contributed by atoms with Gasteiger partial charge in [-0.2, -0.15) is 23.3 Å². The number of hydrogen-bond donors (Lipinski definition) is 0. The fraction of sp³-hybridized carbons (Fsp3) is 0.500. The number of hydrogen-bond acceptors (Lipinski definition) is 5. The van der Waals surface area contributed by atoms with Crippen LogP contribution >= 0.6 is 0 Å². The van der Waals surface area contributed by atoms with Crippen molar-refractivity contribution in [3.05, 3.63) is 23.7 Å². The number of aryl methyl sites for hydroxylation is 1. The van der Waals surface area contributed by atoms with Crippen LogP contribution in [-0.2, 0) is 0 Å². The maximum Gasteiger partial charge on any atom is 0.410 e. The number of amides is 1. The van der Waals surface area contributed by atoms with Gasteiger partial charge in [-0.05, 0) is 20.3 Å². The molecule has 3 rings (SSSR count). The molecule has 2 aromatic heterocycles. The highest BCUT2D eigenvalue weighted by Gasteiger charge is 2.46. The Bertz CT molecular complexity index is 753. The molecule has 3 heterocycles. The van der Waals surface area contributed by atoms with Crippen LogP contribution in [0.4, 0.5) is 19.0 Å². The van der Waals surface area contributed by atoms with Gasteiger partial charge in [0.2, 0.25) is 0 Å². The smallest absolute Gasteiger partial charge is 0.410 e. The molecule has 0 fully saturated rings. The number of alkyl halides is 3. The lowest BCUT2D eigenvalue weighted by Gasteiger charge is -2.33. The summed E-state index contributed by atoms with van der Waals surface area (Å²) in [6.45, 7) is 3.53. The zero-order chi connectivity index (χ0) is 17.5. The number of halogens is 3.